The molecule has 0 saturated carbocycles. The fourth-order valence-electron chi connectivity index (χ4n) is 1.56. The first-order valence-corrected chi connectivity index (χ1v) is 4.70. The van der Waals surface area contributed by atoms with Crippen LogP contribution in [0.4, 0.5) is 0 Å². The molecule has 0 aliphatic carbocycles. The third-order valence-corrected chi connectivity index (χ3v) is 2.35. The molecule has 0 radical (unpaired) electrons. The van der Waals surface area contributed by atoms with Gasteiger partial charge in [-0.25, -0.2) is 0 Å². The number of hydrogen-bond acceptors (Lipinski definition) is 3. The SMILES string of the molecule is O=CC(=O)C1=CC(c2ccccc2)CO1. The highest BCUT2D eigenvalue weighted by Crippen LogP contribution is 2.25. The third-order valence-electron chi connectivity index (χ3n) is 2.35. The van der Waals surface area contributed by atoms with Crippen LogP contribution in [-0.2, 0) is 14.3 Å². The number of rotatable bonds is 3. The van der Waals surface area contributed by atoms with Crippen molar-refractivity contribution in [3.63, 3.8) is 0 Å². The highest BCUT2D eigenvalue weighted by Gasteiger charge is 2.22. The molecule has 3 heteroatoms. The van der Waals surface area contributed by atoms with E-state index in [-0.39, 0.29) is 18.0 Å². The Balaban J connectivity index is 2.19. The zero-order valence-electron chi connectivity index (χ0n) is 8.05. The molecule has 1 unspecified atom stereocenters. The van der Waals surface area contributed by atoms with Crippen molar-refractivity contribution in [2.24, 2.45) is 0 Å². The van der Waals surface area contributed by atoms with E-state index in [0.717, 1.165) is 5.56 Å². The first-order chi connectivity index (χ1) is 7.31. The van der Waals surface area contributed by atoms with E-state index < -0.39 is 5.78 Å². The minimum absolute atomic E-state index is 0.0742. The van der Waals surface area contributed by atoms with Crippen molar-refractivity contribution in [2.45, 2.75) is 5.92 Å². The minimum atomic E-state index is -0.589. The molecule has 0 fully saturated rings. The number of ketones is 1. The lowest BCUT2D eigenvalue weighted by molar-refractivity contribution is -0.129. The van der Waals surface area contributed by atoms with Crippen LogP contribution in [0, 0.1) is 0 Å². The summed E-state index contributed by atoms with van der Waals surface area (Å²) in [6.45, 7) is 0.429. The molecule has 0 amide bonds. The van der Waals surface area contributed by atoms with Crippen LogP contribution < -0.4 is 0 Å². The fourth-order valence-corrected chi connectivity index (χ4v) is 1.56. The maximum atomic E-state index is 11.0. The molecule has 15 heavy (non-hydrogen) atoms. The lowest BCUT2D eigenvalue weighted by Gasteiger charge is -2.04. The number of carbonyl (C=O) groups excluding carboxylic acids is 2. The zero-order valence-corrected chi connectivity index (χ0v) is 8.05. The Hall–Kier alpha value is -1.90. The van der Waals surface area contributed by atoms with Gasteiger partial charge in [0.25, 0.3) is 5.78 Å². The topological polar surface area (TPSA) is 43.4 Å². The van der Waals surface area contributed by atoms with Crippen molar-refractivity contribution in [1.82, 2.24) is 0 Å². The van der Waals surface area contributed by atoms with Gasteiger partial charge in [0.1, 0.15) is 0 Å². The minimum Gasteiger partial charge on any atom is -0.489 e. The van der Waals surface area contributed by atoms with Gasteiger partial charge in [0.05, 0.1) is 6.61 Å². The summed E-state index contributed by atoms with van der Waals surface area (Å²) in [5, 5.41) is 0. The number of ether oxygens (including phenoxy) is 1. The maximum absolute atomic E-state index is 11.0. The van der Waals surface area contributed by atoms with Gasteiger partial charge in [-0.15, -0.1) is 0 Å². The number of Topliss-reactive ketones (excluding diaryl/α,β-unsaturated/α-hetero) is 1. The van der Waals surface area contributed by atoms with Crippen molar-refractivity contribution in [3.05, 3.63) is 47.7 Å². The van der Waals surface area contributed by atoms with E-state index >= 15 is 0 Å². The smallest absolute Gasteiger partial charge is 0.259 e. The van der Waals surface area contributed by atoms with E-state index in [1.165, 1.54) is 0 Å². The third kappa shape index (κ3) is 1.96. The molecular weight excluding hydrogens is 192 g/mol. The Labute approximate surface area is 87.4 Å². The molecule has 1 heterocycles. The van der Waals surface area contributed by atoms with Crippen molar-refractivity contribution in [1.29, 1.82) is 0 Å². The van der Waals surface area contributed by atoms with Crippen LogP contribution in [0.1, 0.15) is 11.5 Å². The highest BCUT2D eigenvalue weighted by molar-refractivity contribution is 6.32. The van der Waals surface area contributed by atoms with E-state index in [0.29, 0.717) is 6.61 Å². The summed E-state index contributed by atoms with van der Waals surface area (Å²) in [7, 11) is 0. The van der Waals surface area contributed by atoms with Gasteiger partial charge in [0, 0.05) is 5.92 Å². The second kappa shape index (κ2) is 4.09. The summed E-state index contributed by atoms with van der Waals surface area (Å²) in [6, 6.07) is 9.74. The zero-order chi connectivity index (χ0) is 10.7. The molecule has 0 N–H and O–H groups in total. The molecule has 1 aromatic rings. The average molecular weight is 202 g/mol. The van der Waals surface area contributed by atoms with E-state index in [1.807, 2.05) is 30.3 Å². The second-order valence-electron chi connectivity index (χ2n) is 3.34. The molecule has 3 nitrogen and oxygen atoms in total. The van der Waals surface area contributed by atoms with E-state index in [9.17, 15) is 9.59 Å². The molecule has 1 aliphatic heterocycles. The highest BCUT2D eigenvalue weighted by atomic mass is 16.5. The molecule has 1 atom stereocenters. The van der Waals surface area contributed by atoms with E-state index in [2.05, 4.69) is 0 Å². The summed E-state index contributed by atoms with van der Waals surface area (Å²) >= 11 is 0. The number of aldehydes is 1. The van der Waals surface area contributed by atoms with Gasteiger partial charge in [0.15, 0.2) is 12.0 Å². The predicted octanol–water partition coefficient (Wildman–Crippen LogP) is 1.45. The summed E-state index contributed by atoms with van der Waals surface area (Å²) in [5.41, 5.74) is 1.09. The van der Waals surface area contributed by atoms with Crippen molar-refractivity contribution < 1.29 is 14.3 Å². The largest absolute Gasteiger partial charge is 0.489 e. The molecule has 0 saturated heterocycles. The number of benzene rings is 1. The van der Waals surface area contributed by atoms with Crippen LogP contribution in [0.25, 0.3) is 0 Å². The Bertz CT molecular complexity index is 406. The van der Waals surface area contributed by atoms with Crippen LogP contribution >= 0.6 is 0 Å². The molecule has 0 bridgehead atoms. The second-order valence-corrected chi connectivity index (χ2v) is 3.34. The Kier molecular flexibility index (Phi) is 2.63. The van der Waals surface area contributed by atoms with Gasteiger partial charge in [-0.3, -0.25) is 9.59 Å². The summed E-state index contributed by atoms with van der Waals surface area (Å²) in [4.78, 5) is 21.3. The summed E-state index contributed by atoms with van der Waals surface area (Å²) < 4.78 is 5.15. The lowest BCUT2D eigenvalue weighted by Crippen LogP contribution is -2.03. The van der Waals surface area contributed by atoms with Crippen LogP contribution in [-0.4, -0.2) is 18.7 Å². The molecule has 1 aliphatic rings. The van der Waals surface area contributed by atoms with Gasteiger partial charge in [-0.2, -0.15) is 0 Å². The average Bonchev–Trinajstić information content (AvgIpc) is 2.78. The van der Waals surface area contributed by atoms with Crippen molar-refractivity contribution >= 4 is 12.1 Å². The fraction of sp³-hybridized carbons (Fsp3) is 0.167. The number of allylic oxidation sites excluding steroid dienone is 1. The molecule has 0 spiro atoms. The van der Waals surface area contributed by atoms with Crippen molar-refractivity contribution in [3.8, 4) is 0 Å². The van der Waals surface area contributed by atoms with Crippen LogP contribution in [0.2, 0.25) is 0 Å². The molecule has 2 rings (SSSR count). The maximum Gasteiger partial charge on any atom is 0.259 e. The Morgan fingerprint density at radius 1 is 1.33 bits per heavy atom. The molecule has 1 aromatic carbocycles. The Morgan fingerprint density at radius 3 is 2.73 bits per heavy atom. The van der Waals surface area contributed by atoms with E-state index in [1.54, 1.807) is 6.08 Å². The van der Waals surface area contributed by atoms with Gasteiger partial charge in [0.2, 0.25) is 0 Å². The normalized spacial score (nSPS) is 19.2. The van der Waals surface area contributed by atoms with Crippen LogP contribution in [0.15, 0.2) is 42.2 Å². The predicted molar refractivity (Wildman–Crippen MR) is 54.3 cm³/mol. The van der Waals surface area contributed by atoms with Gasteiger partial charge < -0.3 is 4.74 Å². The standard InChI is InChI=1S/C12H10O3/c13-7-11(14)12-6-10(8-15-12)9-4-2-1-3-5-9/h1-7,10H,8H2. The number of hydrogen-bond donors (Lipinski definition) is 0. The van der Waals surface area contributed by atoms with Crippen LogP contribution in [0.3, 0.4) is 0 Å². The molecular formula is C12H10O3. The first-order valence-electron chi connectivity index (χ1n) is 4.70. The van der Waals surface area contributed by atoms with Gasteiger partial charge in [-0.05, 0) is 11.6 Å². The Morgan fingerprint density at radius 2 is 2.07 bits per heavy atom. The number of carbonyl (C=O) groups is 2. The quantitative estimate of drug-likeness (QED) is 0.550. The van der Waals surface area contributed by atoms with Gasteiger partial charge in [-0.1, -0.05) is 30.3 Å². The van der Waals surface area contributed by atoms with Gasteiger partial charge >= 0.3 is 0 Å². The lowest BCUT2D eigenvalue weighted by atomic mass is 10.0. The van der Waals surface area contributed by atoms with Crippen molar-refractivity contribution in [2.75, 3.05) is 6.61 Å². The molecule has 76 valence electrons. The first kappa shape index (κ1) is 9.65. The van der Waals surface area contributed by atoms with E-state index in [4.69, 9.17) is 4.74 Å². The summed E-state index contributed by atoms with van der Waals surface area (Å²) in [6.07, 6.45) is 1.98. The summed E-state index contributed by atoms with van der Waals surface area (Å²) in [5.74, 6) is -0.350. The monoisotopic (exact) mass is 202 g/mol. The molecule has 0 aromatic heterocycles. The van der Waals surface area contributed by atoms with Crippen LogP contribution in [0.5, 0.6) is 0 Å².